The lowest BCUT2D eigenvalue weighted by Crippen LogP contribution is -2.33. The standard InChI is InChI=1S/C20H28ClN3O2/c1-5-14(3)22-20(25)18-13-26-19(23-18)12-24(15(4)6-2)11-16-8-7-9-17(21)10-16/h7-10,13-15H,5-6,11-12H2,1-4H3,(H,22,25). The summed E-state index contributed by atoms with van der Waals surface area (Å²) in [5.74, 6) is 0.348. The second kappa shape index (κ2) is 9.74. The molecule has 1 aromatic carbocycles. The van der Waals surface area contributed by atoms with Gasteiger partial charge in [-0.3, -0.25) is 9.69 Å². The van der Waals surface area contributed by atoms with E-state index in [2.05, 4.69) is 35.1 Å². The lowest BCUT2D eigenvalue weighted by molar-refractivity contribution is 0.0934. The summed E-state index contributed by atoms with van der Waals surface area (Å²) < 4.78 is 5.55. The summed E-state index contributed by atoms with van der Waals surface area (Å²) in [4.78, 5) is 18.8. The smallest absolute Gasteiger partial charge is 0.273 e. The highest BCUT2D eigenvalue weighted by Gasteiger charge is 2.19. The van der Waals surface area contributed by atoms with Gasteiger partial charge in [0, 0.05) is 23.7 Å². The molecule has 0 aliphatic carbocycles. The monoisotopic (exact) mass is 377 g/mol. The number of aromatic nitrogens is 1. The molecule has 2 atom stereocenters. The first-order chi connectivity index (χ1) is 12.4. The van der Waals surface area contributed by atoms with Gasteiger partial charge in [0.2, 0.25) is 5.89 Å². The van der Waals surface area contributed by atoms with E-state index in [0.717, 1.165) is 30.0 Å². The molecule has 5 nitrogen and oxygen atoms in total. The van der Waals surface area contributed by atoms with Gasteiger partial charge in [-0.1, -0.05) is 37.6 Å². The molecule has 0 bridgehead atoms. The van der Waals surface area contributed by atoms with Crippen molar-refractivity contribution in [1.82, 2.24) is 15.2 Å². The molecule has 0 spiro atoms. The fourth-order valence-electron chi connectivity index (χ4n) is 2.56. The van der Waals surface area contributed by atoms with Gasteiger partial charge in [-0.15, -0.1) is 0 Å². The van der Waals surface area contributed by atoms with Crippen LogP contribution in [0.15, 0.2) is 34.9 Å². The van der Waals surface area contributed by atoms with E-state index in [1.54, 1.807) is 0 Å². The molecule has 0 aliphatic rings. The van der Waals surface area contributed by atoms with Crippen molar-refractivity contribution >= 4 is 17.5 Å². The molecule has 1 aromatic heterocycles. The molecule has 0 radical (unpaired) electrons. The zero-order chi connectivity index (χ0) is 19.1. The SMILES string of the molecule is CCC(C)NC(=O)c1coc(CN(Cc2cccc(Cl)c2)C(C)CC)n1. The van der Waals surface area contributed by atoms with Crippen molar-refractivity contribution in [2.45, 2.75) is 65.7 Å². The van der Waals surface area contributed by atoms with Gasteiger partial charge in [0.25, 0.3) is 5.91 Å². The summed E-state index contributed by atoms with van der Waals surface area (Å²) >= 11 is 6.10. The van der Waals surface area contributed by atoms with Crippen molar-refractivity contribution in [2.24, 2.45) is 0 Å². The van der Waals surface area contributed by atoms with Gasteiger partial charge in [-0.25, -0.2) is 4.98 Å². The largest absolute Gasteiger partial charge is 0.447 e. The molecule has 1 N–H and O–H groups in total. The molecule has 0 saturated carbocycles. The first-order valence-electron chi connectivity index (χ1n) is 9.16. The highest BCUT2D eigenvalue weighted by molar-refractivity contribution is 6.30. The molecule has 1 heterocycles. The number of carbonyl (C=O) groups excluding carboxylic acids is 1. The summed E-state index contributed by atoms with van der Waals surface area (Å²) in [6.07, 6.45) is 3.31. The lowest BCUT2D eigenvalue weighted by atomic mass is 10.1. The molecule has 0 fully saturated rings. The Hall–Kier alpha value is -1.85. The van der Waals surface area contributed by atoms with Crippen LogP contribution in [0, 0.1) is 0 Å². The van der Waals surface area contributed by atoms with E-state index in [1.165, 1.54) is 6.26 Å². The average molecular weight is 378 g/mol. The van der Waals surface area contributed by atoms with Crippen LogP contribution in [0.4, 0.5) is 0 Å². The van der Waals surface area contributed by atoms with Crippen molar-refractivity contribution < 1.29 is 9.21 Å². The first kappa shape index (κ1) is 20.5. The lowest BCUT2D eigenvalue weighted by Gasteiger charge is -2.27. The van der Waals surface area contributed by atoms with Crippen LogP contribution >= 0.6 is 11.6 Å². The van der Waals surface area contributed by atoms with Crippen LogP contribution in [-0.2, 0) is 13.1 Å². The fourth-order valence-corrected chi connectivity index (χ4v) is 2.77. The molecule has 6 heteroatoms. The minimum atomic E-state index is -0.195. The summed E-state index contributed by atoms with van der Waals surface area (Å²) in [6, 6.07) is 8.31. The zero-order valence-corrected chi connectivity index (χ0v) is 16.7. The van der Waals surface area contributed by atoms with Crippen molar-refractivity contribution in [3.8, 4) is 0 Å². The Bertz CT molecular complexity index is 717. The molecule has 2 unspecified atom stereocenters. The normalized spacial score (nSPS) is 13.6. The van der Waals surface area contributed by atoms with E-state index < -0.39 is 0 Å². The quantitative estimate of drug-likeness (QED) is 0.690. The third-order valence-corrected chi connectivity index (χ3v) is 4.84. The van der Waals surface area contributed by atoms with Crippen LogP contribution in [0.3, 0.4) is 0 Å². The van der Waals surface area contributed by atoms with Crippen molar-refractivity contribution in [3.63, 3.8) is 0 Å². The Morgan fingerprint density at radius 1 is 1.27 bits per heavy atom. The molecule has 2 rings (SSSR count). The van der Waals surface area contributed by atoms with Gasteiger partial charge < -0.3 is 9.73 Å². The molecule has 142 valence electrons. The maximum Gasteiger partial charge on any atom is 0.273 e. The van der Waals surface area contributed by atoms with Gasteiger partial charge in [0.05, 0.1) is 6.54 Å². The number of benzene rings is 1. The molecule has 0 saturated heterocycles. The molecular formula is C20H28ClN3O2. The van der Waals surface area contributed by atoms with Crippen LogP contribution < -0.4 is 5.32 Å². The number of nitrogens with one attached hydrogen (secondary N) is 1. The fraction of sp³-hybridized carbons (Fsp3) is 0.500. The Labute approximate surface area is 160 Å². The molecular weight excluding hydrogens is 350 g/mol. The van der Waals surface area contributed by atoms with Crippen LogP contribution in [0.25, 0.3) is 0 Å². The van der Waals surface area contributed by atoms with E-state index in [4.69, 9.17) is 16.0 Å². The number of hydrogen-bond acceptors (Lipinski definition) is 4. The number of rotatable bonds is 9. The molecule has 1 amide bonds. The number of carbonyl (C=O) groups is 1. The number of nitrogens with zero attached hydrogens (tertiary/aromatic N) is 2. The Morgan fingerprint density at radius 2 is 2.04 bits per heavy atom. The van der Waals surface area contributed by atoms with Crippen LogP contribution in [-0.4, -0.2) is 27.9 Å². The number of halogens is 1. The predicted octanol–water partition coefficient (Wildman–Crippen LogP) is 4.66. The summed E-state index contributed by atoms with van der Waals surface area (Å²) in [5.41, 5.74) is 1.46. The van der Waals surface area contributed by atoms with E-state index in [1.807, 2.05) is 32.0 Å². The average Bonchev–Trinajstić information content (AvgIpc) is 3.09. The van der Waals surface area contributed by atoms with Crippen molar-refractivity contribution in [3.05, 3.63) is 52.7 Å². The molecule has 0 aliphatic heterocycles. The number of oxazole rings is 1. The molecule has 26 heavy (non-hydrogen) atoms. The maximum atomic E-state index is 12.2. The van der Waals surface area contributed by atoms with Crippen LogP contribution in [0.2, 0.25) is 5.02 Å². The minimum Gasteiger partial charge on any atom is -0.447 e. The van der Waals surface area contributed by atoms with Gasteiger partial charge in [0.15, 0.2) is 5.69 Å². The van der Waals surface area contributed by atoms with E-state index >= 15 is 0 Å². The van der Waals surface area contributed by atoms with E-state index in [9.17, 15) is 4.79 Å². The number of hydrogen-bond donors (Lipinski definition) is 1. The first-order valence-corrected chi connectivity index (χ1v) is 9.54. The van der Waals surface area contributed by atoms with E-state index in [0.29, 0.717) is 24.2 Å². The third kappa shape index (κ3) is 5.85. The topological polar surface area (TPSA) is 58.4 Å². The Kier molecular flexibility index (Phi) is 7.66. The number of amides is 1. The predicted molar refractivity (Wildman–Crippen MR) is 104 cm³/mol. The van der Waals surface area contributed by atoms with Crippen LogP contribution in [0.5, 0.6) is 0 Å². The maximum absolute atomic E-state index is 12.2. The highest BCUT2D eigenvalue weighted by Crippen LogP contribution is 2.18. The summed E-state index contributed by atoms with van der Waals surface area (Å²) in [7, 11) is 0. The van der Waals surface area contributed by atoms with Gasteiger partial charge >= 0.3 is 0 Å². The van der Waals surface area contributed by atoms with Gasteiger partial charge in [0.1, 0.15) is 6.26 Å². The Morgan fingerprint density at radius 3 is 2.69 bits per heavy atom. The second-order valence-electron chi connectivity index (χ2n) is 6.70. The van der Waals surface area contributed by atoms with Crippen molar-refractivity contribution in [1.29, 1.82) is 0 Å². The summed E-state index contributed by atoms with van der Waals surface area (Å²) in [5, 5.41) is 3.63. The summed E-state index contributed by atoms with van der Waals surface area (Å²) in [6.45, 7) is 9.60. The van der Waals surface area contributed by atoms with Crippen LogP contribution in [0.1, 0.15) is 62.5 Å². The Balaban J connectivity index is 2.07. The zero-order valence-electron chi connectivity index (χ0n) is 16.0. The minimum absolute atomic E-state index is 0.113. The van der Waals surface area contributed by atoms with Crippen molar-refractivity contribution in [2.75, 3.05) is 0 Å². The third-order valence-electron chi connectivity index (χ3n) is 4.60. The second-order valence-corrected chi connectivity index (χ2v) is 7.14. The highest BCUT2D eigenvalue weighted by atomic mass is 35.5. The van der Waals surface area contributed by atoms with E-state index in [-0.39, 0.29) is 11.9 Å². The van der Waals surface area contributed by atoms with Gasteiger partial charge in [-0.05, 0) is 44.4 Å². The van der Waals surface area contributed by atoms with Gasteiger partial charge in [-0.2, -0.15) is 0 Å². The molecule has 2 aromatic rings.